The number of thiophene rings is 1. The highest BCUT2D eigenvalue weighted by molar-refractivity contribution is 8.03. The number of allylic oxidation sites excluding steroid dienone is 1. The zero-order valence-electron chi connectivity index (χ0n) is 13.5. The number of anilines is 1. The molecule has 8 heteroatoms. The van der Waals surface area contributed by atoms with Gasteiger partial charge in [-0.1, -0.05) is 29.4 Å². The molecule has 26 heavy (non-hydrogen) atoms. The highest BCUT2D eigenvalue weighted by atomic mass is 35.5. The lowest BCUT2D eigenvalue weighted by molar-refractivity contribution is -0.121. The first-order valence-corrected chi connectivity index (χ1v) is 9.97. The topological polar surface area (TPSA) is 82.0 Å². The second kappa shape index (κ2) is 8.41. The lowest BCUT2D eigenvalue weighted by Gasteiger charge is -2.23. The Kier molecular flexibility index (Phi) is 5.99. The fourth-order valence-corrected chi connectivity index (χ4v) is 4.37. The van der Waals surface area contributed by atoms with Crippen LogP contribution in [-0.4, -0.2) is 17.6 Å². The van der Waals surface area contributed by atoms with E-state index in [1.54, 1.807) is 24.3 Å². The van der Waals surface area contributed by atoms with Gasteiger partial charge in [0.1, 0.15) is 0 Å². The van der Waals surface area contributed by atoms with Crippen LogP contribution in [0.3, 0.4) is 0 Å². The third kappa shape index (κ3) is 4.47. The largest absolute Gasteiger partial charge is 0.325 e. The van der Waals surface area contributed by atoms with E-state index in [-0.39, 0.29) is 29.9 Å². The van der Waals surface area contributed by atoms with Gasteiger partial charge < -0.3 is 10.6 Å². The molecule has 0 radical (unpaired) electrons. The molecule has 1 aromatic carbocycles. The lowest BCUT2D eigenvalue weighted by Crippen LogP contribution is -2.31. The van der Waals surface area contributed by atoms with Gasteiger partial charge in [-0.15, -0.1) is 11.3 Å². The summed E-state index contributed by atoms with van der Waals surface area (Å²) in [6, 6.07) is 12.8. The summed E-state index contributed by atoms with van der Waals surface area (Å²) < 4.78 is 0. The van der Waals surface area contributed by atoms with E-state index >= 15 is 0 Å². The SMILES string of the molecule is N#CC1=C(SCC(=O)Nc2ccc(Cl)cc2)NC(=O)C[C@@H]1c1cccs1. The Morgan fingerprint density at radius 3 is 2.81 bits per heavy atom. The molecule has 3 rings (SSSR count). The van der Waals surface area contributed by atoms with Crippen molar-refractivity contribution in [2.45, 2.75) is 12.3 Å². The van der Waals surface area contributed by atoms with Crippen molar-refractivity contribution in [3.63, 3.8) is 0 Å². The van der Waals surface area contributed by atoms with Crippen LogP contribution in [0.2, 0.25) is 5.02 Å². The minimum absolute atomic E-state index is 0.0839. The summed E-state index contributed by atoms with van der Waals surface area (Å²) in [4.78, 5) is 25.1. The van der Waals surface area contributed by atoms with Crippen LogP contribution in [0.1, 0.15) is 17.2 Å². The van der Waals surface area contributed by atoms with E-state index in [1.165, 1.54) is 11.3 Å². The summed E-state index contributed by atoms with van der Waals surface area (Å²) in [5.41, 5.74) is 1.13. The van der Waals surface area contributed by atoms with Crippen LogP contribution in [0.25, 0.3) is 0 Å². The monoisotopic (exact) mass is 403 g/mol. The van der Waals surface area contributed by atoms with E-state index in [1.807, 2.05) is 17.5 Å². The Hall–Kier alpha value is -2.27. The van der Waals surface area contributed by atoms with Gasteiger partial charge in [-0.05, 0) is 35.7 Å². The second-order valence-electron chi connectivity index (χ2n) is 5.52. The van der Waals surface area contributed by atoms with Gasteiger partial charge in [0.2, 0.25) is 11.8 Å². The van der Waals surface area contributed by atoms with E-state index in [9.17, 15) is 14.9 Å². The third-order valence-electron chi connectivity index (χ3n) is 3.72. The molecule has 2 aromatic rings. The first-order chi connectivity index (χ1) is 12.6. The number of benzene rings is 1. The number of hydrogen-bond donors (Lipinski definition) is 2. The summed E-state index contributed by atoms with van der Waals surface area (Å²) in [6.45, 7) is 0. The van der Waals surface area contributed by atoms with Gasteiger partial charge in [0.15, 0.2) is 0 Å². The quantitative estimate of drug-likeness (QED) is 0.786. The minimum Gasteiger partial charge on any atom is -0.325 e. The minimum atomic E-state index is -0.254. The first-order valence-electron chi connectivity index (χ1n) is 7.72. The number of nitrogens with one attached hydrogen (secondary N) is 2. The molecular weight excluding hydrogens is 390 g/mol. The van der Waals surface area contributed by atoms with Crippen molar-refractivity contribution in [3.8, 4) is 6.07 Å². The maximum absolute atomic E-state index is 12.1. The van der Waals surface area contributed by atoms with Gasteiger partial charge in [-0.25, -0.2) is 0 Å². The number of carbonyl (C=O) groups is 2. The van der Waals surface area contributed by atoms with Gasteiger partial charge in [-0.2, -0.15) is 5.26 Å². The van der Waals surface area contributed by atoms with Crippen molar-refractivity contribution < 1.29 is 9.59 Å². The summed E-state index contributed by atoms with van der Waals surface area (Å²) in [6.07, 6.45) is 0.241. The number of nitriles is 1. The van der Waals surface area contributed by atoms with Crippen LogP contribution in [0.5, 0.6) is 0 Å². The molecule has 2 N–H and O–H groups in total. The van der Waals surface area contributed by atoms with Gasteiger partial charge >= 0.3 is 0 Å². The number of carbonyl (C=O) groups excluding carboxylic acids is 2. The molecule has 1 aliphatic rings. The number of hydrogen-bond acceptors (Lipinski definition) is 5. The van der Waals surface area contributed by atoms with Crippen LogP contribution in [0, 0.1) is 11.3 Å². The van der Waals surface area contributed by atoms with E-state index < -0.39 is 0 Å². The molecule has 5 nitrogen and oxygen atoms in total. The Balaban J connectivity index is 1.70. The number of rotatable bonds is 5. The summed E-state index contributed by atoms with van der Waals surface area (Å²) in [5.74, 6) is -0.547. The summed E-state index contributed by atoms with van der Waals surface area (Å²) in [5, 5.41) is 18.0. The molecule has 0 aliphatic carbocycles. The van der Waals surface area contributed by atoms with Crippen LogP contribution in [0.4, 0.5) is 5.69 Å². The number of nitrogens with zero attached hydrogens (tertiary/aromatic N) is 1. The zero-order valence-corrected chi connectivity index (χ0v) is 15.9. The highest BCUT2D eigenvalue weighted by Gasteiger charge is 2.30. The first kappa shape index (κ1) is 18.5. The average molecular weight is 404 g/mol. The lowest BCUT2D eigenvalue weighted by atomic mass is 9.93. The molecule has 132 valence electrons. The molecule has 0 bridgehead atoms. The van der Waals surface area contributed by atoms with E-state index in [2.05, 4.69) is 16.7 Å². The molecule has 0 unspecified atom stereocenters. The van der Waals surface area contributed by atoms with Crippen molar-refractivity contribution in [1.29, 1.82) is 5.26 Å². The zero-order chi connectivity index (χ0) is 18.5. The predicted molar refractivity (Wildman–Crippen MR) is 105 cm³/mol. The molecule has 1 aliphatic heterocycles. The Bertz CT molecular complexity index is 886. The van der Waals surface area contributed by atoms with E-state index in [0.717, 1.165) is 16.6 Å². The Morgan fingerprint density at radius 1 is 1.38 bits per heavy atom. The maximum atomic E-state index is 12.1. The molecule has 2 amide bonds. The highest BCUT2D eigenvalue weighted by Crippen LogP contribution is 2.37. The van der Waals surface area contributed by atoms with Crippen LogP contribution in [-0.2, 0) is 9.59 Å². The van der Waals surface area contributed by atoms with Crippen molar-refractivity contribution >= 4 is 52.2 Å². The van der Waals surface area contributed by atoms with Gasteiger partial charge in [0.05, 0.1) is 22.4 Å². The molecule has 0 fully saturated rings. The molecule has 0 spiro atoms. The molecule has 1 aromatic heterocycles. The third-order valence-corrected chi connectivity index (χ3v) is 5.97. The summed E-state index contributed by atoms with van der Waals surface area (Å²) >= 11 is 8.49. The van der Waals surface area contributed by atoms with Crippen molar-refractivity contribution in [2.75, 3.05) is 11.1 Å². The average Bonchev–Trinajstić information content (AvgIpc) is 3.16. The van der Waals surface area contributed by atoms with Gasteiger partial charge in [0, 0.05) is 27.9 Å². The molecular formula is C18H14ClN3O2S2. The number of thioether (sulfide) groups is 1. The van der Waals surface area contributed by atoms with Gasteiger partial charge in [-0.3, -0.25) is 9.59 Å². The van der Waals surface area contributed by atoms with Crippen LogP contribution < -0.4 is 10.6 Å². The molecule has 1 atom stereocenters. The van der Waals surface area contributed by atoms with Gasteiger partial charge in [0.25, 0.3) is 0 Å². The standard InChI is InChI=1S/C18H14ClN3O2S2/c19-11-3-5-12(6-4-11)21-17(24)10-26-18-14(9-20)13(8-16(23)22-18)15-2-1-7-25-15/h1-7,13H,8,10H2,(H,21,24)(H,22,23)/t13-/m0/s1. The van der Waals surface area contributed by atoms with Crippen LogP contribution >= 0.6 is 34.7 Å². The Morgan fingerprint density at radius 2 is 2.15 bits per heavy atom. The summed E-state index contributed by atoms with van der Waals surface area (Å²) in [7, 11) is 0. The fourth-order valence-electron chi connectivity index (χ4n) is 2.53. The van der Waals surface area contributed by atoms with Crippen molar-refractivity contribution in [3.05, 3.63) is 62.3 Å². The maximum Gasteiger partial charge on any atom is 0.234 e. The molecule has 0 saturated carbocycles. The smallest absolute Gasteiger partial charge is 0.234 e. The van der Waals surface area contributed by atoms with Crippen LogP contribution in [0.15, 0.2) is 52.4 Å². The molecule has 2 heterocycles. The fraction of sp³-hybridized carbons (Fsp3) is 0.167. The normalized spacial score (nSPS) is 16.8. The van der Waals surface area contributed by atoms with E-state index in [0.29, 0.717) is 21.3 Å². The second-order valence-corrected chi connectivity index (χ2v) is 7.92. The Labute approximate surface area is 164 Å². The number of amides is 2. The van der Waals surface area contributed by atoms with Crippen molar-refractivity contribution in [1.82, 2.24) is 5.32 Å². The predicted octanol–water partition coefficient (Wildman–Crippen LogP) is 4.11. The number of halogens is 1. The molecule has 0 saturated heterocycles. The van der Waals surface area contributed by atoms with Crippen molar-refractivity contribution in [2.24, 2.45) is 0 Å². The van der Waals surface area contributed by atoms with E-state index in [4.69, 9.17) is 11.6 Å².